The summed E-state index contributed by atoms with van der Waals surface area (Å²) >= 11 is 0. The van der Waals surface area contributed by atoms with Gasteiger partial charge < -0.3 is 10.1 Å². The van der Waals surface area contributed by atoms with Crippen LogP contribution in [0, 0.1) is 13.8 Å². The summed E-state index contributed by atoms with van der Waals surface area (Å²) in [4.78, 5) is 4.29. The van der Waals surface area contributed by atoms with E-state index in [1.165, 1.54) is 29.5 Å². The molecule has 1 aliphatic carbocycles. The quantitative estimate of drug-likeness (QED) is 0.880. The van der Waals surface area contributed by atoms with Crippen molar-refractivity contribution in [3.8, 4) is 5.75 Å². The van der Waals surface area contributed by atoms with E-state index in [0.717, 1.165) is 24.0 Å². The summed E-state index contributed by atoms with van der Waals surface area (Å²) in [5, 5.41) is 3.55. The van der Waals surface area contributed by atoms with Crippen molar-refractivity contribution in [2.24, 2.45) is 0 Å². The highest BCUT2D eigenvalue weighted by Crippen LogP contribution is 2.26. The molecule has 0 bridgehead atoms. The molecule has 3 nitrogen and oxygen atoms in total. The zero-order valence-electron chi connectivity index (χ0n) is 12.7. The summed E-state index contributed by atoms with van der Waals surface area (Å²) in [5.41, 5.74) is 4.68. The Morgan fingerprint density at radius 3 is 2.57 bits per heavy atom. The molecule has 1 aromatic carbocycles. The second-order valence-electron chi connectivity index (χ2n) is 5.82. The van der Waals surface area contributed by atoms with Gasteiger partial charge in [0.1, 0.15) is 12.4 Å². The Balaban J connectivity index is 1.66. The third kappa shape index (κ3) is 3.82. The number of rotatable bonds is 6. The number of hydrogen-bond donors (Lipinski definition) is 1. The second-order valence-corrected chi connectivity index (χ2v) is 5.82. The lowest BCUT2D eigenvalue weighted by molar-refractivity contribution is 0.297. The topological polar surface area (TPSA) is 34.1 Å². The average molecular weight is 282 g/mol. The molecule has 0 radical (unpaired) electrons. The van der Waals surface area contributed by atoms with Crippen molar-refractivity contribution < 1.29 is 4.74 Å². The molecule has 2 aromatic rings. The molecule has 0 atom stereocenters. The molecular weight excluding hydrogens is 260 g/mol. The standard InChI is InChI=1S/C18H22N2O/c1-13-9-15(11-20-16-6-7-16)10-14(2)18(13)21-12-17-5-3-4-8-19-17/h3-5,8-10,16,20H,6-7,11-12H2,1-2H3. The molecule has 1 N–H and O–H groups in total. The fourth-order valence-corrected chi connectivity index (χ4v) is 2.55. The minimum Gasteiger partial charge on any atom is -0.487 e. The van der Waals surface area contributed by atoms with E-state index in [1.807, 2.05) is 18.2 Å². The van der Waals surface area contributed by atoms with Gasteiger partial charge in [-0.25, -0.2) is 0 Å². The van der Waals surface area contributed by atoms with Crippen LogP contribution in [0.15, 0.2) is 36.5 Å². The van der Waals surface area contributed by atoms with Crippen molar-refractivity contribution in [1.82, 2.24) is 10.3 Å². The van der Waals surface area contributed by atoms with Gasteiger partial charge in [-0.1, -0.05) is 18.2 Å². The fraction of sp³-hybridized carbons (Fsp3) is 0.389. The van der Waals surface area contributed by atoms with Gasteiger partial charge in [0.15, 0.2) is 0 Å². The minimum absolute atomic E-state index is 0.516. The molecule has 21 heavy (non-hydrogen) atoms. The van der Waals surface area contributed by atoms with Crippen LogP contribution < -0.4 is 10.1 Å². The highest BCUT2D eigenvalue weighted by atomic mass is 16.5. The maximum absolute atomic E-state index is 5.96. The summed E-state index contributed by atoms with van der Waals surface area (Å²) in [6.45, 7) is 5.69. The summed E-state index contributed by atoms with van der Waals surface area (Å²) in [7, 11) is 0. The van der Waals surface area contributed by atoms with Crippen LogP contribution in [0.5, 0.6) is 5.75 Å². The van der Waals surface area contributed by atoms with Gasteiger partial charge in [-0.2, -0.15) is 0 Å². The molecule has 3 heteroatoms. The van der Waals surface area contributed by atoms with Gasteiger partial charge in [-0.3, -0.25) is 4.98 Å². The molecule has 110 valence electrons. The minimum atomic E-state index is 0.516. The molecule has 1 aromatic heterocycles. The van der Waals surface area contributed by atoms with Crippen LogP contribution in [0.4, 0.5) is 0 Å². The van der Waals surface area contributed by atoms with E-state index < -0.39 is 0 Å². The Hall–Kier alpha value is -1.87. The van der Waals surface area contributed by atoms with Gasteiger partial charge in [0.25, 0.3) is 0 Å². The summed E-state index contributed by atoms with van der Waals surface area (Å²) in [5.74, 6) is 0.982. The number of ether oxygens (including phenoxy) is 1. The predicted molar refractivity (Wildman–Crippen MR) is 84.3 cm³/mol. The number of nitrogens with one attached hydrogen (secondary N) is 1. The second kappa shape index (κ2) is 6.27. The highest BCUT2D eigenvalue weighted by Gasteiger charge is 2.20. The number of aryl methyl sites for hydroxylation is 2. The average Bonchev–Trinajstić information content (AvgIpc) is 3.29. The molecular formula is C18H22N2O. The van der Waals surface area contributed by atoms with Crippen LogP contribution in [-0.2, 0) is 13.2 Å². The monoisotopic (exact) mass is 282 g/mol. The first-order chi connectivity index (χ1) is 10.2. The highest BCUT2D eigenvalue weighted by molar-refractivity contribution is 5.43. The summed E-state index contributed by atoms with van der Waals surface area (Å²) in [6.07, 6.45) is 4.44. The van der Waals surface area contributed by atoms with Crippen molar-refractivity contribution >= 4 is 0 Å². The lowest BCUT2D eigenvalue weighted by Gasteiger charge is -2.14. The van der Waals surface area contributed by atoms with Crippen molar-refractivity contribution in [3.63, 3.8) is 0 Å². The van der Waals surface area contributed by atoms with Crippen LogP contribution in [0.3, 0.4) is 0 Å². The molecule has 0 amide bonds. The predicted octanol–water partition coefficient (Wildman–Crippen LogP) is 3.53. The van der Waals surface area contributed by atoms with E-state index in [-0.39, 0.29) is 0 Å². The maximum atomic E-state index is 5.96. The van der Waals surface area contributed by atoms with Crippen molar-refractivity contribution in [2.45, 2.75) is 45.9 Å². The lowest BCUT2D eigenvalue weighted by Crippen LogP contribution is -2.15. The van der Waals surface area contributed by atoms with Crippen LogP contribution in [0.25, 0.3) is 0 Å². The SMILES string of the molecule is Cc1cc(CNC2CC2)cc(C)c1OCc1ccccn1. The van der Waals surface area contributed by atoms with Crippen LogP contribution in [-0.4, -0.2) is 11.0 Å². The van der Waals surface area contributed by atoms with Crippen LogP contribution in [0.1, 0.15) is 35.2 Å². The van der Waals surface area contributed by atoms with E-state index in [0.29, 0.717) is 6.61 Å². The van der Waals surface area contributed by atoms with Crippen molar-refractivity contribution in [1.29, 1.82) is 0 Å². The molecule has 1 saturated carbocycles. The number of hydrogen-bond acceptors (Lipinski definition) is 3. The first-order valence-corrected chi connectivity index (χ1v) is 7.58. The van der Waals surface area contributed by atoms with E-state index in [9.17, 15) is 0 Å². The molecule has 0 unspecified atom stereocenters. The Morgan fingerprint density at radius 1 is 1.19 bits per heavy atom. The zero-order chi connectivity index (χ0) is 14.7. The molecule has 1 aliphatic rings. The van der Waals surface area contributed by atoms with Crippen molar-refractivity contribution in [2.75, 3.05) is 0 Å². The third-order valence-electron chi connectivity index (χ3n) is 3.78. The molecule has 0 spiro atoms. The molecule has 0 saturated heterocycles. The van der Waals surface area contributed by atoms with E-state index in [4.69, 9.17) is 4.74 Å². The maximum Gasteiger partial charge on any atom is 0.130 e. The van der Waals surface area contributed by atoms with E-state index >= 15 is 0 Å². The largest absolute Gasteiger partial charge is 0.487 e. The van der Waals surface area contributed by atoms with Gasteiger partial charge in [0, 0.05) is 18.8 Å². The lowest BCUT2D eigenvalue weighted by atomic mass is 10.1. The summed E-state index contributed by atoms with van der Waals surface area (Å²) < 4.78 is 5.96. The Morgan fingerprint density at radius 2 is 1.95 bits per heavy atom. The van der Waals surface area contributed by atoms with Gasteiger partial charge in [0.05, 0.1) is 5.69 Å². The normalized spacial score (nSPS) is 14.2. The Bertz CT molecular complexity index is 583. The fourth-order valence-electron chi connectivity index (χ4n) is 2.55. The Labute approximate surface area is 126 Å². The number of benzene rings is 1. The van der Waals surface area contributed by atoms with E-state index in [2.05, 4.69) is 36.3 Å². The first-order valence-electron chi connectivity index (χ1n) is 7.58. The van der Waals surface area contributed by atoms with Crippen LogP contribution in [0.2, 0.25) is 0 Å². The van der Waals surface area contributed by atoms with Gasteiger partial charge in [-0.05, 0) is 55.5 Å². The number of aromatic nitrogens is 1. The first kappa shape index (κ1) is 14.1. The summed E-state index contributed by atoms with van der Waals surface area (Å²) in [6, 6.07) is 11.1. The zero-order valence-corrected chi connectivity index (χ0v) is 12.7. The number of nitrogens with zero attached hydrogens (tertiary/aromatic N) is 1. The smallest absolute Gasteiger partial charge is 0.130 e. The van der Waals surface area contributed by atoms with Crippen LogP contribution >= 0.6 is 0 Å². The van der Waals surface area contributed by atoms with Crippen molar-refractivity contribution in [3.05, 3.63) is 58.9 Å². The van der Waals surface area contributed by atoms with Gasteiger partial charge in [-0.15, -0.1) is 0 Å². The molecule has 0 aliphatic heterocycles. The molecule has 3 rings (SSSR count). The number of pyridine rings is 1. The molecule has 1 fully saturated rings. The van der Waals surface area contributed by atoms with Gasteiger partial charge >= 0.3 is 0 Å². The van der Waals surface area contributed by atoms with E-state index in [1.54, 1.807) is 6.20 Å². The molecule has 1 heterocycles. The van der Waals surface area contributed by atoms with Gasteiger partial charge in [0.2, 0.25) is 0 Å². The Kier molecular flexibility index (Phi) is 4.20. The third-order valence-corrected chi connectivity index (χ3v) is 3.78.